The van der Waals surface area contributed by atoms with E-state index in [-0.39, 0.29) is 11.5 Å². The average molecular weight is 182 g/mol. The predicted octanol–water partition coefficient (Wildman–Crippen LogP) is 0.598. The number of hydrogen-bond donors (Lipinski definition) is 2. The monoisotopic (exact) mass is 182 g/mol. The number of esters is 1. The van der Waals surface area contributed by atoms with Crippen molar-refractivity contribution in [1.82, 2.24) is 0 Å². The number of benzene rings is 1. The molecule has 0 fully saturated rings. The molecule has 0 spiro atoms. The number of aromatic hydroxyl groups is 1. The van der Waals surface area contributed by atoms with Crippen LogP contribution in [0.4, 0.5) is 0 Å². The normalized spacial score (nSPS) is 9.69. The summed E-state index contributed by atoms with van der Waals surface area (Å²) in [6.45, 7) is 1.06. The van der Waals surface area contributed by atoms with Crippen LogP contribution in [0.15, 0.2) is 18.2 Å². The Balaban J connectivity index is 2.79. The van der Waals surface area contributed by atoms with Crippen LogP contribution in [0.25, 0.3) is 0 Å². The van der Waals surface area contributed by atoms with Crippen molar-refractivity contribution in [2.24, 2.45) is 0 Å². The van der Waals surface area contributed by atoms with E-state index in [0.717, 1.165) is 0 Å². The maximum absolute atomic E-state index is 10.6. The third-order valence-electron chi connectivity index (χ3n) is 1.54. The number of aliphatic hydroxyl groups is 1. The lowest BCUT2D eigenvalue weighted by molar-refractivity contribution is -0.137. The smallest absolute Gasteiger partial charge is 0.337 e. The number of aliphatic hydroxyl groups excluding tert-OH is 1. The first kappa shape index (κ1) is 9.54. The number of hydrogen-bond acceptors (Lipinski definition) is 4. The molecule has 0 aliphatic heterocycles. The zero-order valence-corrected chi connectivity index (χ0v) is 7.15. The maximum Gasteiger partial charge on any atom is 0.337 e. The van der Waals surface area contributed by atoms with Crippen LogP contribution in [-0.2, 0) is 4.79 Å². The zero-order valence-electron chi connectivity index (χ0n) is 7.15. The molecule has 4 heteroatoms. The number of aryl methyl sites for hydroxylation is 1. The fourth-order valence-electron chi connectivity index (χ4n) is 0.816. The lowest BCUT2D eigenvalue weighted by Crippen LogP contribution is -2.11. The summed E-state index contributed by atoms with van der Waals surface area (Å²) < 4.78 is 4.65. The van der Waals surface area contributed by atoms with Crippen molar-refractivity contribution in [3.05, 3.63) is 23.8 Å². The summed E-state index contributed by atoms with van der Waals surface area (Å²) in [6, 6.07) is 4.49. The van der Waals surface area contributed by atoms with E-state index in [4.69, 9.17) is 5.11 Å². The van der Waals surface area contributed by atoms with Gasteiger partial charge < -0.3 is 14.9 Å². The minimum atomic E-state index is -0.747. The molecule has 1 aromatic carbocycles. The molecular formula is C9H10O4. The summed E-state index contributed by atoms with van der Waals surface area (Å²) in [4.78, 5) is 10.6. The Kier molecular flexibility index (Phi) is 2.87. The second kappa shape index (κ2) is 3.91. The third kappa shape index (κ3) is 2.45. The summed E-state index contributed by atoms with van der Waals surface area (Å²) >= 11 is 0. The van der Waals surface area contributed by atoms with Crippen LogP contribution in [-0.4, -0.2) is 22.8 Å². The average Bonchev–Trinajstić information content (AvgIpc) is 2.11. The lowest BCUT2D eigenvalue weighted by atomic mass is 10.2. The second-order valence-electron chi connectivity index (χ2n) is 2.58. The van der Waals surface area contributed by atoms with E-state index < -0.39 is 12.6 Å². The van der Waals surface area contributed by atoms with E-state index in [0.29, 0.717) is 5.56 Å². The van der Waals surface area contributed by atoms with Crippen molar-refractivity contribution >= 4 is 5.97 Å². The standard InChI is InChI=1S/C9H10O4/c1-6-2-3-7(4-8(6)11)13-9(12)5-10/h2-4,10-11H,5H2,1H3. The van der Waals surface area contributed by atoms with Crippen molar-refractivity contribution in [3.63, 3.8) is 0 Å². The molecule has 70 valence electrons. The molecule has 13 heavy (non-hydrogen) atoms. The number of phenolic OH excluding ortho intramolecular Hbond substituents is 1. The zero-order chi connectivity index (χ0) is 9.84. The molecule has 0 amide bonds. The summed E-state index contributed by atoms with van der Waals surface area (Å²) in [6.07, 6.45) is 0. The minimum Gasteiger partial charge on any atom is -0.508 e. The fraction of sp³-hybridized carbons (Fsp3) is 0.222. The molecule has 1 aromatic rings. The largest absolute Gasteiger partial charge is 0.508 e. The topological polar surface area (TPSA) is 66.8 Å². The predicted molar refractivity (Wildman–Crippen MR) is 45.6 cm³/mol. The van der Waals surface area contributed by atoms with Gasteiger partial charge in [-0.2, -0.15) is 0 Å². The first-order valence-electron chi connectivity index (χ1n) is 3.74. The third-order valence-corrected chi connectivity index (χ3v) is 1.54. The number of rotatable bonds is 2. The molecule has 4 nitrogen and oxygen atoms in total. The van der Waals surface area contributed by atoms with Gasteiger partial charge in [-0.15, -0.1) is 0 Å². The van der Waals surface area contributed by atoms with Crippen LogP contribution >= 0.6 is 0 Å². The van der Waals surface area contributed by atoms with Gasteiger partial charge in [0.05, 0.1) is 0 Å². The first-order valence-corrected chi connectivity index (χ1v) is 3.74. The van der Waals surface area contributed by atoms with Crippen molar-refractivity contribution in [3.8, 4) is 11.5 Å². The van der Waals surface area contributed by atoms with Crippen LogP contribution < -0.4 is 4.74 Å². The molecule has 0 saturated carbocycles. The summed E-state index contributed by atoms with van der Waals surface area (Å²) in [5.74, 6) is -0.464. The van der Waals surface area contributed by atoms with E-state index in [1.807, 2.05) is 0 Å². The van der Waals surface area contributed by atoms with Gasteiger partial charge in [0.2, 0.25) is 0 Å². The SMILES string of the molecule is Cc1ccc(OC(=O)CO)cc1O. The number of phenols is 1. The van der Waals surface area contributed by atoms with Gasteiger partial charge in [-0.3, -0.25) is 0 Å². The van der Waals surface area contributed by atoms with E-state index >= 15 is 0 Å². The van der Waals surface area contributed by atoms with Gasteiger partial charge in [0.15, 0.2) is 0 Å². The molecule has 0 aliphatic carbocycles. The van der Waals surface area contributed by atoms with Gasteiger partial charge in [0.25, 0.3) is 0 Å². The highest BCUT2D eigenvalue weighted by molar-refractivity contribution is 5.73. The maximum atomic E-state index is 10.6. The fourth-order valence-corrected chi connectivity index (χ4v) is 0.816. The Labute approximate surface area is 75.4 Å². The van der Waals surface area contributed by atoms with E-state index in [9.17, 15) is 9.90 Å². The highest BCUT2D eigenvalue weighted by Gasteiger charge is 2.04. The Hall–Kier alpha value is -1.55. The van der Waals surface area contributed by atoms with Crippen LogP contribution in [0, 0.1) is 6.92 Å². The van der Waals surface area contributed by atoms with Crippen LogP contribution in [0.5, 0.6) is 11.5 Å². The molecule has 0 unspecified atom stereocenters. The lowest BCUT2D eigenvalue weighted by Gasteiger charge is -2.03. The highest BCUT2D eigenvalue weighted by atomic mass is 16.5. The van der Waals surface area contributed by atoms with Crippen molar-refractivity contribution in [2.75, 3.05) is 6.61 Å². The molecule has 1 rings (SSSR count). The van der Waals surface area contributed by atoms with Crippen molar-refractivity contribution in [1.29, 1.82) is 0 Å². The molecule has 0 saturated heterocycles. The summed E-state index contributed by atoms with van der Waals surface area (Å²) in [5.41, 5.74) is 0.698. The molecule has 0 heterocycles. The molecule has 0 atom stereocenters. The van der Waals surface area contributed by atoms with Gasteiger partial charge in [-0.05, 0) is 18.6 Å². The number of carbonyl (C=O) groups is 1. The first-order chi connectivity index (χ1) is 6.13. The molecule has 0 aromatic heterocycles. The Bertz CT molecular complexity index is 319. The quantitative estimate of drug-likeness (QED) is 0.519. The van der Waals surface area contributed by atoms with Crippen LogP contribution in [0.3, 0.4) is 0 Å². The van der Waals surface area contributed by atoms with Gasteiger partial charge in [0, 0.05) is 6.07 Å². The van der Waals surface area contributed by atoms with E-state index in [1.54, 1.807) is 19.1 Å². The number of carbonyl (C=O) groups excluding carboxylic acids is 1. The Morgan fingerprint density at radius 1 is 1.54 bits per heavy atom. The van der Waals surface area contributed by atoms with Crippen molar-refractivity contribution in [2.45, 2.75) is 6.92 Å². The van der Waals surface area contributed by atoms with Gasteiger partial charge in [0.1, 0.15) is 18.1 Å². The molecular weight excluding hydrogens is 172 g/mol. The summed E-state index contributed by atoms with van der Waals surface area (Å²) in [5, 5.41) is 17.6. The summed E-state index contributed by atoms with van der Waals surface area (Å²) in [7, 11) is 0. The Morgan fingerprint density at radius 2 is 2.23 bits per heavy atom. The van der Waals surface area contributed by atoms with Gasteiger partial charge in [-0.25, -0.2) is 4.79 Å². The van der Waals surface area contributed by atoms with Crippen molar-refractivity contribution < 1.29 is 19.7 Å². The highest BCUT2D eigenvalue weighted by Crippen LogP contribution is 2.22. The van der Waals surface area contributed by atoms with Crippen LogP contribution in [0.2, 0.25) is 0 Å². The van der Waals surface area contributed by atoms with E-state index in [2.05, 4.69) is 4.74 Å². The van der Waals surface area contributed by atoms with Crippen LogP contribution in [0.1, 0.15) is 5.56 Å². The van der Waals surface area contributed by atoms with Gasteiger partial charge in [-0.1, -0.05) is 6.07 Å². The second-order valence-corrected chi connectivity index (χ2v) is 2.58. The molecule has 0 aliphatic rings. The number of ether oxygens (including phenoxy) is 1. The molecule has 2 N–H and O–H groups in total. The Morgan fingerprint density at radius 3 is 2.77 bits per heavy atom. The molecule has 0 bridgehead atoms. The minimum absolute atomic E-state index is 0.0586. The van der Waals surface area contributed by atoms with Gasteiger partial charge >= 0.3 is 5.97 Å². The van der Waals surface area contributed by atoms with E-state index in [1.165, 1.54) is 6.07 Å². The molecule has 0 radical (unpaired) electrons.